The maximum Gasteiger partial charge on any atom is 0.305 e. The molecule has 0 aromatic heterocycles. The molecular formula is C19H33BrN2O6. The summed E-state index contributed by atoms with van der Waals surface area (Å²) in [6, 6.07) is 0. The Morgan fingerprint density at radius 2 is 1.46 bits per heavy atom. The number of aliphatic hydroxyl groups excluding tert-OH is 1. The normalized spacial score (nSPS) is 15.8. The Morgan fingerprint density at radius 3 is 1.93 bits per heavy atom. The molecule has 4 N–H and O–H groups in total. The summed E-state index contributed by atoms with van der Waals surface area (Å²) in [6.07, 6.45) is 0.424. The first kappa shape index (κ1) is 26.5. The standard InChI is InChI=1S/C19H33BrN2O6/c1-6-13(24)17(2,3)11-18(4,15(27)22-9-10-23)12-19(5,20)16(28)21-8-7-14(25)26/h23H,6-12H2,1-5H3,(H,21,28)(H,22,27)(H,25,26). The van der Waals surface area contributed by atoms with Crippen molar-refractivity contribution in [1.29, 1.82) is 0 Å². The van der Waals surface area contributed by atoms with Gasteiger partial charge in [-0.15, -0.1) is 0 Å². The van der Waals surface area contributed by atoms with E-state index in [4.69, 9.17) is 10.2 Å². The molecule has 9 heteroatoms. The van der Waals surface area contributed by atoms with Crippen LogP contribution in [-0.2, 0) is 19.2 Å². The third-order valence-electron chi connectivity index (χ3n) is 4.67. The number of hydrogen-bond donors (Lipinski definition) is 4. The van der Waals surface area contributed by atoms with Crippen LogP contribution in [0.3, 0.4) is 0 Å². The highest BCUT2D eigenvalue weighted by Gasteiger charge is 2.47. The number of carboxylic acids is 1. The van der Waals surface area contributed by atoms with Crippen LogP contribution in [-0.4, -0.2) is 57.8 Å². The quantitative estimate of drug-likeness (QED) is 0.306. The van der Waals surface area contributed by atoms with E-state index < -0.39 is 27.0 Å². The summed E-state index contributed by atoms with van der Waals surface area (Å²) in [7, 11) is 0. The first-order valence-corrected chi connectivity index (χ1v) is 10.1. The summed E-state index contributed by atoms with van der Waals surface area (Å²) in [6.45, 7) is 8.43. The van der Waals surface area contributed by atoms with Crippen molar-refractivity contribution in [3.63, 3.8) is 0 Å². The molecule has 2 atom stereocenters. The van der Waals surface area contributed by atoms with Gasteiger partial charge in [-0.3, -0.25) is 19.2 Å². The lowest BCUT2D eigenvalue weighted by Crippen LogP contribution is -2.50. The SMILES string of the molecule is CCC(=O)C(C)(C)CC(C)(CC(C)(Br)C(=O)NCCC(=O)O)C(=O)NCCO. The molecule has 0 spiro atoms. The molecule has 0 fully saturated rings. The van der Waals surface area contributed by atoms with Crippen molar-refractivity contribution in [2.24, 2.45) is 10.8 Å². The fourth-order valence-corrected chi connectivity index (χ4v) is 4.20. The summed E-state index contributed by atoms with van der Waals surface area (Å²) < 4.78 is -1.15. The number of nitrogens with one attached hydrogen (secondary N) is 2. The molecule has 0 radical (unpaired) electrons. The van der Waals surface area contributed by atoms with E-state index in [2.05, 4.69) is 26.6 Å². The van der Waals surface area contributed by atoms with Crippen LogP contribution in [0, 0.1) is 10.8 Å². The van der Waals surface area contributed by atoms with Crippen LogP contribution in [0.25, 0.3) is 0 Å². The number of carbonyl (C=O) groups is 4. The highest BCUT2D eigenvalue weighted by Crippen LogP contribution is 2.43. The number of carboxylic acid groups (broad SMARTS) is 1. The Morgan fingerprint density at radius 1 is 0.929 bits per heavy atom. The molecule has 2 unspecified atom stereocenters. The highest BCUT2D eigenvalue weighted by molar-refractivity contribution is 9.10. The fraction of sp³-hybridized carbons (Fsp3) is 0.789. The van der Waals surface area contributed by atoms with Crippen molar-refractivity contribution in [2.75, 3.05) is 19.7 Å². The maximum atomic E-state index is 12.9. The van der Waals surface area contributed by atoms with Gasteiger partial charge in [0.05, 0.1) is 13.0 Å². The van der Waals surface area contributed by atoms with Gasteiger partial charge in [0.2, 0.25) is 11.8 Å². The van der Waals surface area contributed by atoms with Gasteiger partial charge >= 0.3 is 5.97 Å². The van der Waals surface area contributed by atoms with Gasteiger partial charge in [-0.2, -0.15) is 0 Å². The summed E-state index contributed by atoms with van der Waals surface area (Å²) in [4.78, 5) is 48.3. The van der Waals surface area contributed by atoms with Gasteiger partial charge in [-0.25, -0.2) is 0 Å². The van der Waals surface area contributed by atoms with Gasteiger partial charge in [-0.05, 0) is 19.8 Å². The van der Waals surface area contributed by atoms with E-state index in [1.54, 1.807) is 34.6 Å². The highest BCUT2D eigenvalue weighted by atomic mass is 79.9. The van der Waals surface area contributed by atoms with Crippen LogP contribution in [0.1, 0.15) is 60.3 Å². The number of aliphatic hydroxyl groups is 1. The summed E-state index contributed by atoms with van der Waals surface area (Å²) in [5, 5.41) is 22.9. The number of hydrogen-bond acceptors (Lipinski definition) is 5. The smallest absolute Gasteiger partial charge is 0.305 e. The predicted octanol–water partition coefficient (Wildman–Crippen LogP) is 1.63. The Kier molecular flexibility index (Phi) is 10.3. The van der Waals surface area contributed by atoms with E-state index in [1.807, 2.05) is 0 Å². The average molecular weight is 465 g/mol. The Labute approximate surface area is 175 Å². The first-order chi connectivity index (χ1) is 12.7. The Bertz CT molecular complexity index is 591. The largest absolute Gasteiger partial charge is 0.481 e. The molecule has 0 saturated carbocycles. The van der Waals surface area contributed by atoms with Crippen LogP contribution in [0.15, 0.2) is 0 Å². The van der Waals surface area contributed by atoms with Crippen LogP contribution < -0.4 is 10.6 Å². The first-order valence-electron chi connectivity index (χ1n) is 9.33. The molecule has 0 rings (SSSR count). The second-order valence-corrected chi connectivity index (χ2v) is 9.90. The van der Waals surface area contributed by atoms with Crippen LogP contribution >= 0.6 is 15.9 Å². The molecule has 0 aliphatic rings. The van der Waals surface area contributed by atoms with Gasteiger partial charge < -0.3 is 20.8 Å². The molecule has 8 nitrogen and oxygen atoms in total. The molecule has 0 heterocycles. The van der Waals surface area contributed by atoms with Crippen molar-refractivity contribution < 1.29 is 29.4 Å². The van der Waals surface area contributed by atoms with E-state index in [-0.39, 0.29) is 50.6 Å². The minimum atomic E-state index is -1.15. The molecule has 2 amide bonds. The van der Waals surface area contributed by atoms with Gasteiger partial charge in [-0.1, -0.05) is 43.6 Å². The van der Waals surface area contributed by atoms with Gasteiger partial charge in [0.25, 0.3) is 0 Å². The molecule has 0 aliphatic carbocycles. The molecule has 0 aromatic carbocycles. The van der Waals surface area contributed by atoms with Crippen LogP contribution in [0.5, 0.6) is 0 Å². The number of carbonyl (C=O) groups excluding carboxylic acids is 3. The molecule has 0 aromatic rings. The van der Waals surface area contributed by atoms with Crippen LogP contribution in [0.2, 0.25) is 0 Å². The fourth-order valence-electron chi connectivity index (χ4n) is 3.44. The number of alkyl halides is 1. The number of ketones is 1. The lowest BCUT2D eigenvalue weighted by Gasteiger charge is -2.39. The molecular weight excluding hydrogens is 432 g/mol. The molecule has 28 heavy (non-hydrogen) atoms. The topological polar surface area (TPSA) is 133 Å². The van der Waals surface area contributed by atoms with Crippen molar-refractivity contribution in [1.82, 2.24) is 10.6 Å². The average Bonchev–Trinajstić information content (AvgIpc) is 2.57. The zero-order valence-corrected chi connectivity index (χ0v) is 18.9. The monoisotopic (exact) mass is 464 g/mol. The van der Waals surface area contributed by atoms with E-state index in [0.717, 1.165) is 0 Å². The second kappa shape index (κ2) is 10.9. The molecule has 162 valence electrons. The molecule has 0 saturated heterocycles. The number of amides is 2. The van der Waals surface area contributed by atoms with E-state index in [9.17, 15) is 19.2 Å². The number of Topliss-reactive ketones (excluding diaryl/α,β-unsaturated/α-hetero) is 1. The number of halogens is 1. The lowest BCUT2D eigenvalue weighted by molar-refractivity contribution is -0.137. The number of aliphatic carboxylic acids is 1. The van der Waals surface area contributed by atoms with Crippen LogP contribution in [0.4, 0.5) is 0 Å². The summed E-state index contributed by atoms with van der Waals surface area (Å²) in [5.74, 6) is -1.81. The van der Waals surface area contributed by atoms with Crippen molar-refractivity contribution in [3.05, 3.63) is 0 Å². The Hall–Kier alpha value is -1.48. The van der Waals surface area contributed by atoms with Gasteiger partial charge in [0.1, 0.15) is 10.1 Å². The van der Waals surface area contributed by atoms with E-state index >= 15 is 0 Å². The van der Waals surface area contributed by atoms with Gasteiger partial charge in [0, 0.05) is 30.3 Å². The zero-order chi connectivity index (χ0) is 22.2. The van der Waals surface area contributed by atoms with Gasteiger partial charge in [0.15, 0.2) is 0 Å². The van der Waals surface area contributed by atoms with E-state index in [1.165, 1.54) is 0 Å². The summed E-state index contributed by atoms with van der Waals surface area (Å²) in [5.41, 5.74) is -1.85. The zero-order valence-electron chi connectivity index (χ0n) is 17.4. The van der Waals surface area contributed by atoms with Crippen molar-refractivity contribution in [2.45, 2.75) is 64.6 Å². The third kappa shape index (κ3) is 8.26. The van der Waals surface area contributed by atoms with Crippen molar-refractivity contribution in [3.8, 4) is 0 Å². The van der Waals surface area contributed by atoms with Crippen molar-refractivity contribution >= 4 is 39.5 Å². The number of rotatable bonds is 13. The molecule has 0 bridgehead atoms. The third-order valence-corrected chi connectivity index (χ3v) is 5.31. The molecule has 0 aliphatic heterocycles. The predicted molar refractivity (Wildman–Crippen MR) is 109 cm³/mol. The van der Waals surface area contributed by atoms with E-state index in [0.29, 0.717) is 6.42 Å². The minimum absolute atomic E-state index is 0.0101. The minimum Gasteiger partial charge on any atom is -0.481 e. The maximum absolute atomic E-state index is 12.9. The lowest BCUT2D eigenvalue weighted by atomic mass is 9.67. The second-order valence-electron chi connectivity index (χ2n) is 8.15. The Balaban J connectivity index is 5.55. The summed E-state index contributed by atoms with van der Waals surface area (Å²) >= 11 is 3.37.